The molecular weight excluding hydrogens is 433 g/mol. The predicted molar refractivity (Wildman–Crippen MR) is 107 cm³/mol. The smallest absolute Gasteiger partial charge is 0.392 e. The van der Waals surface area contributed by atoms with Crippen LogP contribution in [-0.2, 0) is 19.3 Å². The molecule has 156 valence electrons. The van der Waals surface area contributed by atoms with E-state index in [1.165, 1.54) is 10.9 Å². The number of benzene rings is 2. The minimum absolute atomic E-state index is 0. The van der Waals surface area contributed by atoms with Gasteiger partial charge in [-0.05, 0) is 23.8 Å². The van der Waals surface area contributed by atoms with E-state index in [0.717, 1.165) is 18.2 Å². The third-order valence-corrected chi connectivity index (χ3v) is 4.70. The number of hydrogen-bond donors (Lipinski definition) is 2. The number of aromatic nitrogens is 2. The molecule has 0 bridgehead atoms. The van der Waals surface area contributed by atoms with Gasteiger partial charge in [0.15, 0.2) is 0 Å². The van der Waals surface area contributed by atoms with Crippen LogP contribution < -0.4 is 5.73 Å². The Morgan fingerprint density at radius 3 is 2.59 bits per heavy atom. The van der Waals surface area contributed by atoms with E-state index in [4.69, 9.17) is 17.3 Å². The van der Waals surface area contributed by atoms with Crippen molar-refractivity contribution in [3.8, 4) is 11.1 Å². The molecule has 1 aromatic heterocycles. The van der Waals surface area contributed by atoms with Crippen molar-refractivity contribution in [1.82, 2.24) is 9.55 Å². The largest absolute Gasteiger partial charge is 0.416 e. The number of allylic oxidation sites excluding steroid dienone is 1. The van der Waals surface area contributed by atoms with E-state index in [-0.39, 0.29) is 53.7 Å². The van der Waals surface area contributed by atoms with Crippen LogP contribution in [0.5, 0.6) is 0 Å². The first-order valence-electron chi connectivity index (χ1n) is 8.25. The Kier molecular flexibility index (Phi) is 7.29. The maximum Gasteiger partial charge on any atom is 0.416 e. The Labute approximate surface area is 175 Å². The van der Waals surface area contributed by atoms with E-state index in [9.17, 15) is 22.7 Å². The van der Waals surface area contributed by atoms with Gasteiger partial charge in [0.05, 0.1) is 41.1 Å². The first-order chi connectivity index (χ1) is 13.3. The summed E-state index contributed by atoms with van der Waals surface area (Å²) in [5.41, 5.74) is 5.53. The van der Waals surface area contributed by atoms with Crippen LogP contribution in [0.2, 0.25) is 5.02 Å². The molecule has 0 spiro atoms. The summed E-state index contributed by atoms with van der Waals surface area (Å²) in [5, 5.41) is 9.53. The van der Waals surface area contributed by atoms with Crippen LogP contribution in [0.25, 0.3) is 22.2 Å². The zero-order chi connectivity index (χ0) is 20.5. The van der Waals surface area contributed by atoms with Crippen LogP contribution in [0, 0.1) is 0 Å². The summed E-state index contributed by atoms with van der Waals surface area (Å²) in [6.45, 7) is -0.682. The van der Waals surface area contributed by atoms with Gasteiger partial charge in [-0.15, -0.1) is 12.4 Å². The molecule has 2 aromatic carbocycles. The molecule has 0 aliphatic rings. The van der Waals surface area contributed by atoms with E-state index < -0.39 is 17.6 Å². The Hall–Kier alpha value is -2.13. The van der Waals surface area contributed by atoms with E-state index in [1.54, 1.807) is 18.2 Å². The molecule has 0 fully saturated rings. The van der Waals surface area contributed by atoms with Crippen molar-refractivity contribution in [1.29, 1.82) is 0 Å². The lowest BCUT2D eigenvalue weighted by molar-refractivity contribution is -0.137. The minimum Gasteiger partial charge on any atom is -0.392 e. The summed E-state index contributed by atoms with van der Waals surface area (Å²) < 4.78 is 55.6. The zero-order valence-electron chi connectivity index (χ0n) is 14.9. The van der Waals surface area contributed by atoms with Gasteiger partial charge in [-0.2, -0.15) is 13.2 Å². The van der Waals surface area contributed by atoms with Gasteiger partial charge in [-0.1, -0.05) is 29.8 Å². The Balaban J connectivity index is 0.00000300. The molecule has 3 N–H and O–H groups in total. The molecule has 0 atom stereocenters. The van der Waals surface area contributed by atoms with Crippen molar-refractivity contribution < 1.29 is 22.7 Å². The van der Waals surface area contributed by atoms with Gasteiger partial charge in [0.1, 0.15) is 5.83 Å². The number of nitrogens with zero attached hydrogens (tertiary/aromatic N) is 2. The van der Waals surface area contributed by atoms with Crippen molar-refractivity contribution in [2.75, 3.05) is 6.54 Å². The van der Waals surface area contributed by atoms with E-state index in [0.29, 0.717) is 11.1 Å². The normalized spacial score (nSPS) is 12.3. The van der Waals surface area contributed by atoms with Gasteiger partial charge in [-0.3, -0.25) is 0 Å². The second-order valence-corrected chi connectivity index (χ2v) is 6.46. The lowest BCUT2D eigenvalue weighted by atomic mass is 9.99. The van der Waals surface area contributed by atoms with Crippen LogP contribution in [0.3, 0.4) is 0 Å². The number of alkyl halides is 3. The monoisotopic (exact) mass is 449 g/mol. The Morgan fingerprint density at radius 1 is 1.24 bits per heavy atom. The fraction of sp³-hybridized carbons (Fsp3) is 0.211. The third kappa shape index (κ3) is 4.72. The van der Waals surface area contributed by atoms with E-state index in [1.807, 2.05) is 0 Å². The highest BCUT2D eigenvalue weighted by atomic mass is 35.5. The van der Waals surface area contributed by atoms with Crippen molar-refractivity contribution >= 4 is 35.0 Å². The number of aliphatic hydroxyl groups is 1. The number of nitrogens with two attached hydrogens (primary N) is 1. The number of halogens is 6. The Bertz CT molecular complexity index is 1050. The highest BCUT2D eigenvalue weighted by Gasteiger charge is 2.32. The second kappa shape index (κ2) is 9.13. The van der Waals surface area contributed by atoms with Crippen molar-refractivity contribution in [3.63, 3.8) is 0 Å². The van der Waals surface area contributed by atoms with Crippen LogP contribution in [0.1, 0.15) is 11.1 Å². The SMILES string of the molecule is Cl.NC/C=C(\F)Cn1cnc2c(-c3cccc(CO)c3Cl)cc(C(F)(F)F)cc21. The fourth-order valence-corrected chi connectivity index (χ4v) is 3.21. The molecule has 0 aliphatic carbocycles. The quantitative estimate of drug-likeness (QED) is 0.532. The van der Waals surface area contributed by atoms with Crippen LogP contribution >= 0.6 is 24.0 Å². The highest BCUT2D eigenvalue weighted by molar-refractivity contribution is 6.34. The molecule has 1 heterocycles. The summed E-state index contributed by atoms with van der Waals surface area (Å²) in [6.07, 6.45) is -2.21. The fourth-order valence-electron chi connectivity index (χ4n) is 2.92. The molecule has 0 aliphatic heterocycles. The maximum absolute atomic E-state index is 13.9. The molecule has 0 amide bonds. The maximum atomic E-state index is 13.9. The Morgan fingerprint density at radius 2 is 1.97 bits per heavy atom. The molecule has 0 radical (unpaired) electrons. The van der Waals surface area contributed by atoms with Gasteiger partial charge >= 0.3 is 6.18 Å². The number of hydrogen-bond acceptors (Lipinski definition) is 3. The molecule has 0 saturated heterocycles. The number of aliphatic hydroxyl groups excluding tert-OH is 1. The van der Waals surface area contributed by atoms with Gasteiger partial charge in [-0.25, -0.2) is 9.37 Å². The van der Waals surface area contributed by atoms with E-state index >= 15 is 0 Å². The van der Waals surface area contributed by atoms with Gasteiger partial charge in [0.25, 0.3) is 0 Å². The molecular formula is C19H17Cl2F4N3O. The second-order valence-electron chi connectivity index (χ2n) is 6.09. The summed E-state index contributed by atoms with van der Waals surface area (Å²) >= 11 is 6.28. The lowest BCUT2D eigenvalue weighted by Gasteiger charge is -2.14. The molecule has 0 saturated carbocycles. The third-order valence-electron chi connectivity index (χ3n) is 4.25. The van der Waals surface area contributed by atoms with Crippen LogP contribution in [0.15, 0.2) is 48.6 Å². The van der Waals surface area contributed by atoms with Crippen molar-refractivity contribution in [3.05, 3.63) is 64.7 Å². The standard InChI is InChI=1S/C19H16ClF4N3O.ClH/c20-17-11(9-28)2-1-3-14(17)15-6-12(19(22,23)24)7-16-18(15)26-10-27(16)8-13(21)4-5-25;/h1-4,6-7,10,28H,5,8-9,25H2;1H/b13-4-;. The average Bonchev–Trinajstić information content (AvgIpc) is 3.03. The van der Waals surface area contributed by atoms with E-state index in [2.05, 4.69) is 4.98 Å². The predicted octanol–water partition coefficient (Wildman–Crippen LogP) is 5.10. The van der Waals surface area contributed by atoms with Crippen molar-refractivity contribution in [2.24, 2.45) is 5.73 Å². The number of fused-ring (bicyclic) bond motifs is 1. The topological polar surface area (TPSA) is 64.1 Å². The molecule has 29 heavy (non-hydrogen) atoms. The number of rotatable bonds is 5. The molecule has 3 aromatic rings. The van der Waals surface area contributed by atoms with Gasteiger partial charge < -0.3 is 15.4 Å². The molecule has 4 nitrogen and oxygen atoms in total. The summed E-state index contributed by atoms with van der Waals surface area (Å²) in [6, 6.07) is 6.57. The van der Waals surface area contributed by atoms with Crippen LogP contribution in [-0.4, -0.2) is 21.2 Å². The summed E-state index contributed by atoms with van der Waals surface area (Å²) in [7, 11) is 0. The first kappa shape index (κ1) is 23.2. The molecule has 0 unspecified atom stereocenters. The zero-order valence-corrected chi connectivity index (χ0v) is 16.5. The molecule has 10 heteroatoms. The number of imidazole rings is 1. The van der Waals surface area contributed by atoms with Gasteiger partial charge in [0, 0.05) is 17.7 Å². The average molecular weight is 450 g/mol. The minimum atomic E-state index is -4.62. The van der Waals surface area contributed by atoms with Crippen molar-refractivity contribution in [2.45, 2.75) is 19.3 Å². The molecule has 3 rings (SSSR count). The highest BCUT2D eigenvalue weighted by Crippen LogP contribution is 2.40. The first-order valence-corrected chi connectivity index (χ1v) is 8.63. The summed E-state index contributed by atoms with van der Waals surface area (Å²) in [5.74, 6) is -0.582. The van der Waals surface area contributed by atoms with Gasteiger partial charge in [0.2, 0.25) is 0 Å². The summed E-state index contributed by atoms with van der Waals surface area (Å²) in [4.78, 5) is 4.18. The lowest BCUT2D eigenvalue weighted by Crippen LogP contribution is -2.07. The van der Waals surface area contributed by atoms with Crippen LogP contribution in [0.4, 0.5) is 17.6 Å².